The molecular formula is C31H35N3O3S2. The van der Waals surface area contributed by atoms with Crippen LogP contribution in [0.1, 0.15) is 50.1 Å². The average molecular weight is 562 g/mol. The lowest BCUT2D eigenvalue weighted by molar-refractivity contribution is -0.113. The van der Waals surface area contributed by atoms with Crippen LogP contribution in [-0.4, -0.2) is 27.8 Å². The predicted octanol–water partition coefficient (Wildman–Crippen LogP) is 7.04. The van der Waals surface area contributed by atoms with Gasteiger partial charge in [-0.05, 0) is 86.4 Å². The van der Waals surface area contributed by atoms with Crippen LogP contribution in [0.15, 0.2) is 58.5 Å². The molecule has 1 aliphatic rings. The molecule has 2 aromatic carbocycles. The lowest BCUT2D eigenvalue weighted by Crippen LogP contribution is -2.27. The van der Waals surface area contributed by atoms with E-state index in [4.69, 9.17) is 9.72 Å². The average Bonchev–Trinajstić information content (AvgIpc) is 3.27. The first-order valence-electron chi connectivity index (χ1n) is 13.4. The zero-order chi connectivity index (χ0) is 27.7. The number of nitrogens with one attached hydrogen (secondary N) is 1. The molecule has 0 saturated heterocycles. The molecule has 204 valence electrons. The zero-order valence-electron chi connectivity index (χ0n) is 23.2. The predicted molar refractivity (Wildman–Crippen MR) is 162 cm³/mol. The summed E-state index contributed by atoms with van der Waals surface area (Å²) in [7, 11) is 0. The number of benzene rings is 2. The molecule has 1 N–H and O–H groups in total. The van der Waals surface area contributed by atoms with Crippen molar-refractivity contribution in [1.82, 2.24) is 9.55 Å². The van der Waals surface area contributed by atoms with E-state index < -0.39 is 0 Å². The van der Waals surface area contributed by atoms with Crippen molar-refractivity contribution in [2.45, 2.75) is 59.0 Å². The van der Waals surface area contributed by atoms with Crippen LogP contribution in [-0.2, 0) is 17.6 Å². The van der Waals surface area contributed by atoms with Crippen LogP contribution < -0.4 is 15.6 Å². The summed E-state index contributed by atoms with van der Waals surface area (Å²) in [6.07, 6.45) is 2.94. The first-order valence-corrected chi connectivity index (χ1v) is 15.2. The van der Waals surface area contributed by atoms with Crippen molar-refractivity contribution in [1.29, 1.82) is 0 Å². The fourth-order valence-corrected chi connectivity index (χ4v) is 7.25. The van der Waals surface area contributed by atoms with Gasteiger partial charge < -0.3 is 10.1 Å². The van der Waals surface area contributed by atoms with Crippen molar-refractivity contribution < 1.29 is 9.53 Å². The normalized spacial score (nSPS) is 15.3. The summed E-state index contributed by atoms with van der Waals surface area (Å²) in [6.45, 7) is 11.4. The highest BCUT2D eigenvalue weighted by Gasteiger charge is 2.32. The van der Waals surface area contributed by atoms with Gasteiger partial charge in [0.2, 0.25) is 5.91 Å². The van der Waals surface area contributed by atoms with Crippen molar-refractivity contribution >= 4 is 44.9 Å². The number of hydrogen-bond acceptors (Lipinski definition) is 6. The molecule has 4 aromatic rings. The van der Waals surface area contributed by atoms with Gasteiger partial charge in [-0.3, -0.25) is 14.2 Å². The van der Waals surface area contributed by atoms with E-state index in [1.54, 1.807) is 15.9 Å². The summed E-state index contributed by atoms with van der Waals surface area (Å²) < 4.78 is 7.27. The fourth-order valence-electron chi connectivity index (χ4n) is 5.09. The highest BCUT2D eigenvalue weighted by Crippen LogP contribution is 2.42. The number of fused-ring (bicyclic) bond motifs is 3. The smallest absolute Gasteiger partial charge is 0.267 e. The van der Waals surface area contributed by atoms with E-state index in [9.17, 15) is 9.59 Å². The Morgan fingerprint density at radius 1 is 1.15 bits per heavy atom. The number of anilines is 1. The van der Waals surface area contributed by atoms with Gasteiger partial charge in [-0.15, -0.1) is 11.3 Å². The zero-order valence-corrected chi connectivity index (χ0v) is 24.8. The number of nitrogens with zero attached hydrogens (tertiary/aromatic N) is 2. The molecule has 2 aromatic heterocycles. The van der Waals surface area contributed by atoms with Crippen molar-refractivity contribution in [3.63, 3.8) is 0 Å². The number of carbonyl (C=O) groups is 1. The molecule has 0 bridgehead atoms. The summed E-state index contributed by atoms with van der Waals surface area (Å²) >= 11 is 2.92. The lowest BCUT2D eigenvalue weighted by Gasteiger charge is -2.33. The van der Waals surface area contributed by atoms with E-state index in [0.717, 1.165) is 52.0 Å². The van der Waals surface area contributed by atoms with Crippen LogP contribution in [0.4, 0.5) is 5.69 Å². The molecule has 6 nitrogen and oxygen atoms in total. The molecular weight excluding hydrogens is 526 g/mol. The fraction of sp³-hybridized carbons (Fsp3) is 0.387. The molecule has 1 aliphatic carbocycles. The van der Waals surface area contributed by atoms with Gasteiger partial charge in [0, 0.05) is 10.6 Å². The molecule has 1 amide bonds. The van der Waals surface area contributed by atoms with Gasteiger partial charge in [-0.25, -0.2) is 4.98 Å². The SMILES string of the molecule is CCOc1ccc(-n2c(SCC(=O)Nc3ccc(C)cc3)nc3sc4c(c3c2=O)CCC(C(C)(C)C)C4)cc1. The minimum atomic E-state index is -0.144. The molecule has 0 aliphatic heterocycles. The molecule has 1 atom stereocenters. The number of aryl methyl sites for hydroxylation is 2. The molecule has 0 fully saturated rings. The molecule has 0 radical (unpaired) electrons. The topological polar surface area (TPSA) is 73.2 Å². The summed E-state index contributed by atoms with van der Waals surface area (Å²) in [5.74, 6) is 1.32. The van der Waals surface area contributed by atoms with Gasteiger partial charge in [0.05, 0.1) is 23.4 Å². The first-order chi connectivity index (χ1) is 18.6. The number of ether oxygens (including phenoxy) is 1. The van der Waals surface area contributed by atoms with E-state index in [1.807, 2.05) is 62.4 Å². The third-order valence-corrected chi connectivity index (χ3v) is 9.44. The number of thiophene rings is 1. The lowest BCUT2D eigenvalue weighted by atomic mass is 9.72. The van der Waals surface area contributed by atoms with Crippen LogP contribution in [0.2, 0.25) is 0 Å². The van der Waals surface area contributed by atoms with Crippen molar-refractivity contribution in [2.75, 3.05) is 17.7 Å². The highest BCUT2D eigenvalue weighted by atomic mass is 32.2. The van der Waals surface area contributed by atoms with E-state index in [-0.39, 0.29) is 22.6 Å². The van der Waals surface area contributed by atoms with Crippen molar-refractivity contribution in [3.8, 4) is 11.4 Å². The largest absolute Gasteiger partial charge is 0.494 e. The molecule has 5 rings (SSSR count). The molecule has 39 heavy (non-hydrogen) atoms. The number of rotatable bonds is 7. The third kappa shape index (κ3) is 5.92. The van der Waals surface area contributed by atoms with Crippen LogP contribution in [0, 0.1) is 18.3 Å². The van der Waals surface area contributed by atoms with Gasteiger partial charge in [0.25, 0.3) is 5.56 Å². The van der Waals surface area contributed by atoms with Crippen molar-refractivity contribution in [3.05, 3.63) is 74.9 Å². The summed E-state index contributed by atoms with van der Waals surface area (Å²) in [5, 5.41) is 4.18. The second-order valence-electron chi connectivity index (χ2n) is 11.2. The Morgan fingerprint density at radius 3 is 2.54 bits per heavy atom. The standard InChI is InChI=1S/C31H35N3O3S2/c1-6-37-23-14-12-22(13-15-23)34-29(36)27-24-16-9-20(31(3,4)5)17-25(24)39-28(27)33-30(34)38-18-26(35)32-21-10-7-19(2)8-11-21/h7-8,10-15,20H,6,9,16-18H2,1-5H3,(H,32,35). The van der Waals surface area contributed by atoms with Gasteiger partial charge in [-0.2, -0.15) is 0 Å². The van der Waals surface area contributed by atoms with Crippen LogP contribution in [0.5, 0.6) is 5.75 Å². The van der Waals surface area contributed by atoms with E-state index >= 15 is 0 Å². The maximum atomic E-state index is 14.1. The summed E-state index contributed by atoms with van der Waals surface area (Å²) in [5.41, 5.74) is 3.89. The number of carbonyl (C=O) groups excluding carboxylic acids is 1. The van der Waals surface area contributed by atoms with Crippen LogP contribution >= 0.6 is 23.1 Å². The second-order valence-corrected chi connectivity index (χ2v) is 13.2. The molecule has 2 heterocycles. The third-order valence-electron chi connectivity index (χ3n) is 7.35. The minimum Gasteiger partial charge on any atom is -0.494 e. The van der Waals surface area contributed by atoms with E-state index in [2.05, 4.69) is 26.1 Å². The van der Waals surface area contributed by atoms with Gasteiger partial charge >= 0.3 is 0 Å². The minimum absolute atomic E-state index is 0.0719. The quantitative estimate of drug-likeness (QED) is 0.194. The Labute approximate surface area is 237 Å². The highest BCUT2D eigenvalue weighted by molar-refractivity contribution is 7.99. The Morgan fingerprint density at radius 2 is 1.87 bits per heavy atom. The van der Waals surface area contributed by atoms with Crippen LogP contribution in [0.3, 0.4) is 0 Å². The monoisotopic (exact) mass is 561 g/mol. The van der Waals surface area contributed by atoms with Gasteiger partial charge in [0.15, 0.2) is 5.16 Å². The van der Waals surface area contributed by atoms with Gasteiger partial charge in [-0.1, -0.05) is 50.2 Å². The summed E-state index contributed by atoms with van der Waals surface area (Å²) in [6, 6.07) is 15.2. The van der Waals surface area contributed by atoms with Gasteiger partial charge in [0.1, 0.15) is 10.6 Å². The van der Waals surface area contributed by atoms with Crippen molar-refractivity contribution in [2.24, 2.45) is 11.3 Å². The Kier molecular flexibility index (Phi) is 7.87. The maximum Gasteiger partial charge on any atom is 0.267 e. The summed E-state index contributed by atoms with van der Waals surface area (Å²) in [4.78, 5) is 34.0. The number of amides is 1. The van der Waals surface area contributed by atoms with E-state index in [0.29, 0.717) is 23.4 Å². The molecule has 0 saturated carbocycles. The maximum absolute atomic E-state index is 14.1. The Hall–Kier alpha value is -3.10. The van der Waals surface area contributed by atoms with E-state index in [1.165, 1.54) is 16.6 Å². The Balaban J connectivity index is 1.52. The number of hydrogen-bond donors (Lipinski definition) is 1. The molecule has 0 spiro atoms. The number of aromatic nitrogens is 2. The first kappa shape index (κ1) is 27.5. The number of thioether (sulfide) groups is 1. The molecule has 1 unspecified atom stereocenters. The Bertz CT molecular complexity index is 1550. The van der Waals surface area contributed by atoms with Crippen LogP contribution in [0.25, 0.3) is 15.9 Å². The second kappa shape index (κ2) is 11.2. The molecule has 8 heteroatoms.